The second-order valence-electron chi connectivity index (χ2n) is 4.32. The maximum Gasteiger partial charge on any atom is 0.335 e. The summed E-state index contributed by atoms with van der Waals surface area (Å²) in [5.41, 5.74) is 1.59. The number of carbonyl (C=O) groups is 1. The van der Waals surface area contributed by atoms with Crippen LogP contribution in [0.2, 0.25) is 0 Å². The van der Waals surface area contributed by atoms with Crippen LogP contribution in [0.15, 0.2) is 40.9 Å². The van der Waals surface area contributed by atoms with Gasteiger partial charge >= 0.3 is 5.97 Å². The minimum atomic E-state index is -1.01. The van der Waals surface area contributed by atoms with Gasteiger partial charge in [-0.05, 0) is 51.8 Å². The van der Waals surface area contributed by atoms with Crippen molar-refractivity contribution in [3.05, 3.63) is 57.8 Å². The van der Waals surface area contributed by atoms with Crippen LogP contribution in [0.1, 0.15) is 15.9 Å². The number of nitrogens with one attached hydrogen (secondary N) is 1. The molecular weight excluding hydrogens is 341 g/mol. The van der Waals surface area contributed by atoms with Crippen LogP contribution in [-0.4, -0.2) is 18.2 Å². The molecule has 2 aromatic rings. The first-order chi connectivity index (χ1) is 10.0. The average Bonchev–Trinajstić information content (AvgIpc) is 2.48. The smallest absolute Gasteiger partial charge is 0.335 e. The van der Waals surface area contributed by atoms with Crippen molar-refractivity contribution in [2.75, 3.05) is 12.4 Å². The number of carboxylic acid groups (broad SMARTS) is 1. The Bertz CT molecular complexity index is 676. The maximum absolute atomic E-state index is 13.2. The lowest BCUT2D eigenvalue weighted by Gasteiger charge is -2.12. The standard InChI is InChI=1S/C15H13BrFNO3/c1-21-14-5-3-10(15(19)20)7-13(14)18-8-9-2-4-12(17)11(16)6-9/h2-7,18H,8H2,1H3,(H,19,20). The first kappa shape index (κ1) is 15.3. The lowest BCUT2D eigenvalue weighted by molar-refractivity contribution is 0.0697. The van der Waals surface area contributed by atoms with Crippen LogP contribution in [-0.2, 0) is 6.54 Å². The third-order valence-electron chi connectivity index (χ3n) is 2.91. The number of carboxylic acids is 1. The van der Waals surface area contributed by atoms with E-state index in [1.165, 1.54) is 25.3 Å². The number of hydrogen-bond acceptors (Lipinski definition) is 3. The number of rotatable bonds is 5. The van der Waals surface area contributed by atoms with Gasteiger partial charge in [-0.15, -0.1) is 0 Å². The van der Waals surface area contributed by atoms with Crippen molar-refractivity contribution in [1.29, 1.82) is 0 Å². The molecule has 6 heteroatoms. The van der Waals surface area contributed by atoms with Crippen molar-refractivity contribution in [1.82, 2.24) is 0 Å². The summed E-state index contributed by atoms with van der Waals surface area (Å²) in [6.07, 6.45) is 0. The van der Waals surface area contributed by atoms with E-state index in [-0.39, 0.29) is 11.4 Å². The summed E-state index contributed by atoms with van der Waals surface area (Å²) in [5.74, 6) is -0.796. The molecule has 0 aliphatic rings. The Labute approximate surface area is 129 Å². The molecule has 0 spiro atoms. The largest absolute Gasteiger partial charge is 0.495 e. The van der Waals surface area contributed by atoms with E-state index in [1.807, 2.05) is 0 Å². The monoisotopic (exact) mass is 353 g/mol. The van der Waals surface area contributed by atoms with Crippen LogP contribution in [0.25, 0.3) is 0 Å². The zero-order valence-corrected chi connectivity index (χ0v) is 12.8. The molecule has 21 heavy (non-hydrogen) atoms. The Kier molecular flexibility index (Phi) is 4.80. The zero-order chi connectivity index (χ0) is 15.4. The summed E-state index contributed by atoms with van der Waals surface area (Å²) in [5, 5.41) is 12.1. The van der Waals surface area contributed by atoms with Crippen LogP contribution in [0, 0.1) is 5.82 Å². The van der Waals surface area contributed by atoms with Crippen LogP contribution < -0.4 is 10.1 Å². The minimum Gasteiger partial charge on any atom is -0.495 e. The third-order valence-corrected chi connectivity index (χ3v) is 3.52. The highest BCUT2D eigenvalue weighted by molar-refractivity contribution is 9.10. The van der Waals surface area contributed by atoms with Gasteiger partial charge in [0.05, 0.1) is 22.8 Å². The molecule has 110 valence electrons. The number of halogens is 2. The van der Waals surface area contributed by atoms with Crippen LogP contribution >= 0.6 is 15.9 Å². The summed E-state index contributed by atoms with van der Waals surface area (Å²) in [6.45, 7) is 0.415. The molecule has 0 atom stereocenters. The molecule has 0 bridgehead atoms. The van der Waals surface area contributed by atoms with Crippen molar-refractivity contribution >= 4 is 27.6 Å². The number of ether oxygens (including phenoxy) is 1. The number of anilines is 1. The SMILES string of the molecule is COc1ccc(C(=O)O)cc1NCc1ccc(F)c(Br)c1. The summed E-state index contributed by atoms with van der Waals surface area (Å²) in [7, 11) is 1.51. The molecule has 0 aromatic heterocycles. The van der Waals surface area contributed by atoms with Crippen molar-refractivity contribution in [3.63, 3.8) is 0 Å². The lowest BCUT2D eigenvalue weighted by atomic mass is 10.1. The molecule has 0 saturated carbocycles. The molecule has 0 aliphatic carbocycles. The molecule has 0 amide bonds. The molecule has 0 unspecified atom stereocenters. The number of methoxy groups -OCH3 is 1. The molecule has 4 nitrogen and oxygen atoms in total. The Morgan fingerprint density at radius 1 is 1.33 bits per heavy atom. The van der Waals surface area contributed by atoms with Gasteiger partial charge in [-0.2, -0.15) is 0 Å². The summed E-state index contributed by atoms with van der Waals surface area (Å²) >= 11 is 3.13. The highest BCUT2D eigenvalue weighted by atomic mass is 79.9. The van der Waals surface area contributed by atoms with Crippen molar-refractivity contribution in [2.45, 2.75) is 6.54 Å². The fraction of sp³-hybridized carbons (Fsp3) is 0.133. The summed E-state index contributed by atoms with van der Waals surface area (Å²) in [4.78, 5) is 11.0. The van der Waals surface area contributed by atoms with Crippen LogP contribution in [0.3, 0.4) is 0 Å². The van der Waals surface area contributed by atoms with Crippen LogP contribution in [0.4, 0.5) is 10.1 Å². The molecule has 0 saturated heterocycles. The number of aromatic carboxylic acids is 1. The van der Waals surface area contributed by atoms with Gasteiger partial charge in [-0.1, -0.05) is 6.07 Å². The van der Waals surface area contributed by atoms with Gasteiger partial charge in [-0.3, -0.25) is 0 Å². The van der Waals surface area contributed by atoms with Crippen molar-refractivity contribution in [2.24, 2.45) is 0 Å². The topological polar surface area (TPSA) is 58.6 Å². The normalized spacial score (nSPS) is 10.2. The zero-order valence-electron chi connectivity index (χ0n) is 11.2. The predicted molar refractivity (Wildman–Crippen MR) is 81.4 cm³/mol. The van der Waals surface area contributed by atoms with Crippen LogP contribution in [0.5, 0.6) is 5.75 Å². The van der Waals surface area contributed by atoms with E-state index in [1.54, 1.807) is 18.2 Å². The fourth-order valence-corrected chi connectivity index (χ4v) is 2.25. The third kappa shape index (κ3) is 3.72. The highest BCUT2D eigenvalue weighted by Crippen LogP contribution is 2.26. The van der Waals surface area contributed by atoms with Gasteiger partial charge in [0, 0.05) is 6.54 Å². The Morgan fingerprint density at radius 2 is 2.10 bits per heavy atom. The second-order valence-corrected chi connectivity index (χ2v) is 5.18. The van der Waals surface area contributed by atoms with Gasteiger partial charge in [0.25, 0.3) is 0 Å². The molecule has 0 aliphatic heterocycles. The minimum absolute atomic E-state index is 0.165. The van der Waals surface area contributed by atoms with E-state index in [0.717, 1.165) is 5.56 Å². The molecule has 2 rings (SSSR count). The highest BCUT2D eigenvalue weighted by Gasteiger charge is 2.09. The molecule has 0 radical (unpaired) electrons. The summed E-state index contributed by atoms with van der Waals surface area (Å²) < 4.78 is 18.7. The van der Waals surface area contributed by atoms with E-state index in [4.69, 9.17) is 9.84 Å². The van der Waals surface area contributed by atoms with Gasteiger partial charge < -0.3 is 15.2 Å². The summed E-state index contributed by atoms with van der Waals surface area (Å²) in [6, 6.07) is 9.25. The van der Waals surface area contributed by atoms with Gasteiger partial charge in [0.15, 0.2) is 0 Å². The van der Waals surface area contributed by atoms with Crippen molar-refractivity contribution < 1.29 is 19.0 Å². The predicted octanol–water partition coefficient (Wildman–Crippen LogP) is 3.91. The second kappa shape index (κ2) is 6.58. The Hall–Kier alpha value is -2.08. The van der Waals surface area contributed by atoms with Crippen molar-refractivity contribution in [3.8, 4) is 5.75 Å². The molecule has 2 aromatic carbocycles. The number of hydrogen-bond donors (Lipinski definition) is 2. The van der Waals surface area contributed by atoms with E-state index in [0.29, 0.717) is 22.5 Å². The molecular formula is C15H13BrFNO3. The maximum atomic E-state index is 13.2. The average molecular weight is 354 g/mol. The van der Waals surface area contributed by atoms with E-state index >= 15 is 0 Å². The first-order valence-electron chi connectivity index (χ1n) is 6.10. The van der Waals surface area contributed by atoms with Gasteiger partial charge in [0.2, 0.25) is 0 Å². The van der Waals surface area contributed by atoms with Gasteiger partial charge in [-0.25, -0.2) is 9.18 Å². The molecule has 2 N–H and O–H groups in total. The molecule has 0 fully saturated rings. The van der Waals surface area contributed by atoms with E-state index in [9.17, 15) is 9.18 Å². The first-order valence-corrected chi connectivity index (χ1v) is 6.89. The quantitative estimate of drug-likeness (QED) is 0.855. The van der Waals surface area contributed by atoms with Gasteiger partial charge in [0.1, 0.15) is 11.6 Å². The fourth-order valence-electron chi connectivity index (χ4n) is 1.83. The molecule has 0 heterocycles. The lowest BCUT2D eigenvalue weighted by Crippen LogP contribution is -2.04. The Balaban J connectivity index is 2.19. The number of benzene rings is 2. The van der Waals surface area contributed by atoms with E-state index in [2.05, 4.69) is 21.2 Å². The Morgan fingerprint density at radius 3 is 2.71 bits per heavy atom. The van der Waals surface area contributed by atoms with E-state index < -0.39 is 5.97 Å².